The number of carbonyl (C=O) groups is 1. The number of aromatic nitrogens is 1. The molecule has 0 atom stereocenters. The van der Waals surface area contributed by atoms with Gasteiger partial charge in [-0.15, -0.1) is 0 Å². The molecule has 0 saturated heterocycles. The summed E-state index contributed by atoms with van der Waals surface area (Å²) in [5.41, 5.74) is 2.21. The van der Waals surface area contributed by atoms with E-state index in [1.165, 1.54) is 0 Å². The minimum Gasteiger partial charge on any atom is -0.355 e. The van der Waals surface area contributed by atoms with Crippen molar-refractivity contribution in [3.8, 4) is 0 Å². The van der Waals surface area contributed by atoms with Gasteiger partial charge >= 0.3 is 0 Å². The van der Waals surface area contributed by atoms with Crippen LogP contribution in [0.5, 0.6) is 0 Å². The molecule has 1 amide bonds. The number of rotatable bonds is 5. The molecule has 0 radical (unpaired) electrons. The molecule has 2 rings (SSSR count). The van der Waals surface area contributed by atoms with Gasteiger partial charge in [-0.25, -0.2) is 0 Å². The van der Waals surface area contributed by atoms with E-state index in [1.54, 1.807) is 12.3 Å². The van der Waals surface area contributed by atoms with E-state index in [-0.39, 0.29) is 5.91 Å². The molecule has 0 aliphatic carbocycles. The van der Waals surface area contributed by atoms with Crippen molar-refractivity contribution in [2.24, 2.45) is 0 Å². The number of nitrogens with one attached hydrogen (secondary N) is 2. The van der Waals surface area contributed by atoms with E-state index in [0.717, 1.165) is 22.3 Å². The maximum Gasteiger partial charge on any atom is 0.269 e. The van der Waals surface area contributed by atoms with E-state index in [1.807, 2.05) is 37.3 Å². The monoisotopic (exact) mass is 333 g/mol. The van der Waals surface area contributed by atoms with Gasteiger partial charge in [-0.05, 0) is 42.8 Å². The Morgan fingerprint density at radius 1 is 1.20 bits per heavy atom. The molecule has 1 heterocycles. The highest BCUT2D eigenvalue weighted by Gasteiger charge is 2.06. The summed E-state index contributed by atoms with van der Waals surface area (Å²) in [6.07, 6.45) is 2.53. The fourth-order valence-electron chi connectivity index (χ4n) is 1.66. The van der Waals surface area contributed by atoms with Gasteiger partial charge < -0.3 is 10.6 Å². The average molecular weight is 334 g/mol. The number of nitrogens with zero attached hydrogens (tertiary/aromatic N) is 1. The third-order valence-electron chi connectivity index (χ3n) is 2.66. The van der Waals surface area contributed by atoms with Gasteiger partial charge in [0.15, 0.2) is 0 Å². The number of hydrogen-bond acceptors (Lipinski definition) is 3. The summed E-state index contributed by atoms with van der Waals surface area (Å²) >= 11 is 3.39. The highest BCUT2D eigenvalue weighted by Crippen LogP contribution is 2.19. The van der Waals surface area contributed by atoms with Crippen molar-refractivity contribution >= 4 is 33.2 Å². The maximum atomic E-state index is 11.8. The highest BCUT2D eigenvalue weighted by molar-refractivity contribution is 9.10. The van der Waals surface area contributed by atoms with Crippen molar-refractivity contribution < 1.29 is 4.79 Å². The Labute approximate surface area is 126 Å². The Kier molecular flexibility index (Phi) is 5.12. The first-order valence-corrected chi connectivity index (χ1v) is 7.25. The number of benzene rings is 1. The van der Waals surface area contributed by atoms with E-state index in [9.17, 15) is 4.79 Å². The Morgan fingerprint density at radius 2 is 1.95 bits per heavy atom. The first-order valence-electron chi connectivity index (χ1n) is 6.46. The van der Waals surface area contributed by atoms with Crippen molar-refractivity contribution in [3.63, 3.8) is 0 Å². The van der Waals surface area contributed by atoms with Gasteiger partial charge in [-0.2, -0.15) is 0 Å². The average Bonchev–Trinajstić information content (AvgIpc) is 2.47. The van der Waals surface area contributed by atoms with Crippen LogP contribution in [-0.2, 0) is 0 Å². The molecule has 0 unspecified atom stereocenters. The number of halogens is 1. The molecule has 20 heavy (non-hydrogen) atoms. The van der Waals surface area contributed by atoms with Gasteiger partial charge in [0, 0.05) is 28.6 Å². The molecule has 0 aliphatic heterocycles. The zero-order valence-electron chi connectivity index (χ0n) is 11.2. The second kappa shape index (κ2) is 7.05. The standard InChI is InChI=1S/C15H16BrN3O/c1-2-8-18-15(20)14-10-13(7-9-17-14)19-12-5-3-11(16)4-6-12/h3-7,9-10H,2,8H2,1H3,(H,17,19)(H,18,20). The molecule has 1 aromatic carbocycles. The number of hydrogen-bond donors (Lipinski definition) is 2. The molecule has 4 nitrogen and oxygen atoms in total. The SMILES string of the molecule is CCCNC(=O)c1cc(Nc2ccc(Br)cc2)ccn1. The predicted octanol–water partition coefficient (Wildman–Crippen LogP) is 3.73. The lowest BCUT2D eigenvalue weighted by atomic mass is 10.2. The summed E-state index contributed by atoms with van der Waals surface area (Å²) in [6, 6.07) is 11.4. The largest absolute Gasteiger partial charge is 0.355 e. The Balaban J connectivity index is 2.09. The normalized spacial score (nSPS) is 10.1. The van der Waals surface area contributed by atoms with Crippen LogP contribution in [0.1, 0.15) is 23.8 Å². The van der Waals surface area contributed by atoms with E-state index in [0.29, 0.717) is 12.2 Å². The van der Waals surface area contributed by atoms with Crippen LogP contribution in [-0.4, -0.2) is 17.4 Å². The summed E-state index contributed by atoms with van der Waals surface area (Å²) in [5, 5.41) is 6.05. The lowest BCUT2D eigenvalue weighted by Gasteiger charge is -2.08. The number of carbonyl (C=O) groups excluding carboxylic acids is 1. The molecular weight excluding hydrogens is 318 g/mol. The van der Waals surface area contributed by atoms with E-state index in [4.69, 9.17) is 0 Å². The van der Waals surface area contributed by atoms with Crippen LogP contribution in [0.15, 0.2) is 47.1 Å². The summed E-state index contributed by atoms with van der Waals surface area (Å²) in [5.74, 6) is -0.147. The molecule has 0 spiro atoms. The van der Waals surface area contributed by atoms with Crippen LogP contribution >= 0.6 is 15.9 Å². The summed E-state index contributed by atoms with van der Waals surface area (Å²) in [6.45, 7) is 2.67. The van der Waals surface area contributed by atoms with E-state index in [2.05, 4.69) is 31.5 Å². The third kappa shape index (κ3) is 4.06. The summed E-state index contributed by atoms with van der Waals surface area (Å²) < 4.78 is 1.03. The molecular formula is C15H16BrN3O. The van der Waals surface area contributed by atoms with E-state index >= 15 is 0 Å². The minimum atomic E-state index is -0.147. The molecule has 5 heteroatoms. The molecule has 0 fully saturated rings. The van der Waals surface area contributed by atoms with Gasteiger partial charge in [0.05, 0.1) is 0 Å². The topological polar surface area (TPSA) is 54.0 Å². The fraction of sp³-hybridized carbons (Fsp3) is 0.200. The van der Waals surface area contributed by atoms with Crippen molar-refractivity contribution in [1.29, 1.82) is 0 Å². The first kappa shape index (κ1) is 14.5. The Bertz CT molecular complexity index is 584. The second-order valence-electron chi connectivity index (χ2n) is 4.32. The third-order valence-corrected chi connectivity index (χ3v) is 3.19. The second-order valence-corrected chi connectivity index (χ2v) is 5.23. The minimum absolute atomic E-state index is 0.147. The highest BCUT2D eigenvalue weighted by atomic mass is 79.9. The van der Waals surface area contributed by atoms with Crippen molar-refractivity contribution in [2.75, 3.05) is 11.9 Å². The van der Waals surface area contributed by atoms with Gasteiger partial charge in [0.2, 0.25) is 0 Å². The zero-order chi connectivity index (χ0) is 14.4. The molecule has 0 saturated carbocycles. The Morgan fingerprint density at radius 3 is 2.65 bits per heavy atom. The summed E-state index contributed by atoms with van der Waals surface area (Å²) in [4.78, 5) is 15.9. The zero-order valence-corrected chi connectivity index (χ0v) is 12.8. The van der Waals surface area contributed by atoms with Crippen LogP contribution in [0.25, 0.3) is 0 Å². The predicted molar refractivity (Wildman–Crippen MR) is 84.3 cm³/mol. The maximum absolute atomic E-state index is 11.8. The Hall–Kier alpha value is -1.88. The van der Waals surface area contributed by atoms with Crippen molar-refractivity contribution in [2.45, 2.75) is 13.3 Å². The van der Waals surface area contributed by atoms with Gasteiger partial charge in [-0.3, -0.25) is 9.78 Å². The lowest BCUT2D eigenvalue weighted by molar-refractivity contribution is 0.0949. The number of amides is 1. The molecule has 104 valence electrons. The van der Waals surface area contributed by atoms with Crippen LogP contribution in [0.3, 0.4) is 0 Å². The fourth-order valence-corrected chi connectivity index (χ4v) is 1.93. The van der Waals surface area contributed by atoms with Crippen LogP contribution < -0.4 is 10.6 Å². The molecule has 2 aromatic rings. The number of pyridine rings is 1. The van der Waals surface area contributed by atoms with Crippen LogP contribution in [0.2, 0.25) is 0 Å². The smallest absolute Gasteiger partial charge is 0.269 e. The molecule has 0 aliphatic rings. The van der Waals surface area contributed by atoms with Gasteiger partial charge in [0.1, 0.15) is 5.69 Å². The van der Waals surface area contributed by atoms with Crippen molar-refractivity contribution in [3.05, 3.63) is 52.8 Å². The quantitative estimate of drug-likeness (QED) is 0.876. The van der Waals surface area contributed by atoms with Gasteiger partial charge in [-0.1, -0.05) is 22.9 Å². The molecule has 0 bridgehead atoms. The summed E-state index contributed by atoms with van der Waals surface area (Å²) in [7, 11) is 0. The number of anilines is 2. The lowest BCUT2D eigenvalue weighted by Crippen LogP contribution is -2.24. The molecule has 2 N–H and O–H groups in total. The molecule has 1 aromatic heterocycles. The van der Waals surface area contributed by atoms with Gasteiger partial charge in [0.25, 0.3) is 5.91 Å². The van der Waals surface area contributed by atoms with E-state index < -0.39 is 0 Å². The van der Waals surface area contributed by atoms with Crippen LogP contribution in [0.4, 0.5) is 11.4 Å². The first-order chi connectivity index (χ1) is 9.69. The van der Waals surface area contributed by atoms with Crippen LogP contribution in [0, 0.1) is 0 Å². The van der Waals surface area contributed by atoms with Crippen molar-refractivity contribution in [1.82, 2.24) is 10.3 Å².